The predicted octanol–water partition coefficient (Wildman–Crippen LogP) is 4.02. The standard InChI is InChI=1S/C19H32N2/c1-4-11-20-19(15-21-12-5-6-13-21)18-9-7-17(8-10-18)14-16(2)3/h7-10,16,19-20H,4-6,11-15H2,1-3H3. The van der Waals surface area contributed by atoms with E-state index in [1.54, 1.807) is 0 Å². The number of likely N-dealkylation sites (tertiary alicyclic amines) is 1. The van der Waals surface area contributed by atoms with E-state index in [0.29, 0.717) is 6.04 Å². The second-order valence-corrected chi connectivity index (χ2v) is 6.85. The Labute approximate surface area is 130 Å². The summed E-state index contributed by atoms with van der Waals surface area (Å²) in [7, 11) is 0. The fourth-order valence-electron chi connectivity index (χ4n) is 3.19. The average molecular weight is 288 g/mol. The van der Waals surface area contributed by atoms with Crippen LogP contribution >= 0.6 is 0 Å². The highest BCUT2D eigenvalue weighted by Crippen LogP contribution is 2.19. The van der Waals surface area contributed by atoms with Crippen molar-refractivity contribution in [3.05, 3.63) is 35.4 Å². The number of benzene rings is 1. The number of hydrogen-bond acceptors (Lipinski definition) is 2. The smallest absolute Gasteiger partial charge is 0.0449 e. The van der Waals surface area contributed by atoms with Crippen LogP contribution in [0.2, 0.25) is 0 Å². The van der Waals surface area contributed by atoms with Crippen molar-refractivity contribution >= 4 is 0 Å². The molecule has 0 aromatic heterocycles. The Balaban J connectivity index is 2.00. The van der Waals surface area contributed by atoms with Gasteiger partial charge in [0.2, 0.25) is 0 Å². The lowest BCUT2D eigenvalue weighted by molar-refractivity contribution is 0.292. The van der Waals surface area contributed by atoms with Crippen molar-refractivity contribution in [2.24, 2.45) is 5.92 Å². The van der Waals surface area contributed by atoms with Gasteiger partial charge in [-0.15, -0.1) is 0 Å². The highest BCUT2D eigenvalue weighted by molar-refractivity contribution is 5.25. The lowest BCUT2D eigenvalue weighted by Crippen LogP contribution is -2.34. The zero-order chi connectivity index (χ0) is 15.1. The number of nitrogens with one attached hydrogen (secondary N) is 1. The largest absolute Gasteiger partial charge is 0.309 e. The van der Waals surface area contributed by atoms with Gasteiger partial charge in [0.25, 0.3) is 0 Å². The first-order chi connectivity index (χ1) is 10.2. The zero-order valence-electron chi connectivity index (χ0n) is 14.1. The summed E-state index contributed by atoms with van der Waals surface area (Å²) in [6.07, 6.45) is 5.11. The van der Waals surface area contributed by atoms with Gasteiger partial charge in [-0.2, -0.15) is 0 Å². The predicted molar refractivity (Wildman–Crippen MR) is 91.7 cm³/mol. The van der Waals surface area contributed by atoms with E-state index < -0.39 is 0 Å². The summed E-state index contributed by atoms with van der Waals surface area (Å²) in [5.74, 6) is 0.731. The molecule has 0 bridgehead atoms. The van der Waals surface area contributed by atoms with Crippen LogP contribution in [0.4, 0.5) is 0 Å². The van der Waals surface area contributed by atoms with Crippen molar-refractivity contribution in [1.29, 1.82) is 0 Å². The molecule has 21 heavy (non-hydrogen) atoms. The van der Waals surface area contributed by atoms with Gasteiger partial charge in [-0.05, 0) is 62.4 Å². The molecule has 2 heteroatoms. The van der Waals surface area contributed by atoms with Gasteiger partial charge in [0, 0.05) is 12.6 Å². The summed E-state index contributed by atoms with van der Waals surface area (Å²) >= 11 is 0. The van der Waals surface area contributed by atoms with Crippen LogP contribution < -0.4 is 5.32 Å². The highest BCUT2D eigenvalue weighted by Gasteiger charge is 2.18. The summed E-state index contributed by atoms with van der Waals surface area (Å²) < 4.78 is 0. The molecule has 0 aliphatic carbocycles. The van der Waals surface area contributed by atoms with Crippen LogP contribution in [0.25, 0.3) is 0 Å². The van der Waals surface area contributed by atoms with E-state index in [1.807, 2.05) is 0 Å². The average Bonchev–Trinajstić information content (AvgIpc) is 2.97. The molecule has 0 spiro atoms. The molecule has 0 saturated carbocycles. The van der Waals surface area contributed by atoms with Crippen LogP contribution in [-0.2, 0) is 6.42 Å². The van der Waals surface area contributed by atoms with Crippen molar-refractivity contribution < 1.29 is 0 Å². The zero-order valence-corrected chi connectivity index (χ0v) is 14.1. The van der Waals surface area contributed by atoms with Gasteiger partial charge in [0.1, 0.15) is 0 Å². The van der Waals surface area contributed by atoms with Crippen LogP contribution in [0.5, 0.6) is 0 Å². The molecule has 0 amide bonds. The van der Waals surface area contributed by atoms with Gasteiger partial charge in [-0.1, -0.05) is 45.0 Å². The highest BCUT2D eigenvalue weighted by atomic mass is 15.2. The van der Waals surface area contributed by atoms with Gasteiger partial charge in [-0.3, -0.25) is 0 Å². The summed E-state index contributed by atoms with van der Waals surface area (Å²) in [5, 5.41) is 3.73. The van der Waals surface area contributed by atoms with E-state index in [4.69, 9.17) is 0 Å². The molecule has 1 aliphatic heterocycles. The Morgan fingerprint density at radius 1 is 1.10 bits per heavy atom. The van der Waals surface area contributed by atoms with E-state index >= 15 is 0 Å². The molecular formula is C19H32N2. The van der Waals surface area contributed by atoms with Crippen molar-refractivity contribution in [1.82, 2.24) is 10.2 Å². The maximum absolute atomic E-state index is 3.73. The van der Waals surface area contributed by atoms with E-state index in [-0.39, 0.29) is 0 Å². The summed E-state index contributed by atoms with van der Waals surface area (Å²) in [6, 6.07) is 9.79. The molecule has 1 aliphatic rings. The lowest BCUT2D eigenvalue weighted by Gasteiger charge is -2.25. The fourth-order valence-corrected chi connectivity index (χ4v) is 3.19. The molecule has 1 aromatic carbocycles. The number of rotatable bonds is 8. The molecule has 1 fully saturated rings. The van der Waals surface area contributed by atoms with Gasteiger partial charge in [0.05, 0.1) is 0 Å². The van der Waals surface area contributed by atoms with Crippen LogP contribution in [0, 0.1) is 5.92 Å². The lowest BCUT2D eigenvalue weighted by atomic mass is 9.99. The molecule has 118 valence electrons. The van der Waals surface area contributed by atoms with Crippen LogP contribution in [0.1, 0.15) is 57.2 Å². The van der Waals surface area contributed by atoms with Crippen LogP contribution in [0.3, 0.4) is 0 Å². The first-order valence-corrected chi connectivity index (χ1v) is 8.73. The third kappa shape index (κ3) is 5.44. The van der Waals surface area contributed by atoms with E-state index in [0.717, 1.165) is 19.0 Å². The van der Waals surface area contributed by atoms with Gasteiger partial charge in [0.15, 0.2) is 0 Å². The van der Waals surface area contributed by atoms with E-state index in [9.17, 15) is 0 Å². The molecule has 1 N–H and O–H groups in total. The molecule has 2 rings (SSSR count). The Kier molecular flexibility index (Phi) is 6.72. The van der Waals surface area contributed by atoms with E-state index in [1.165, 1.54) is 49.9 Å². The number of hydrogen-bond donors (Lipinski definition) is 1. The van der Waals surface area contributed by atoms with Crippen molar-refractivity contribution in [2.45, 2.75) is 52.5 Å². The third-order valence-corrected chi connectivity index (χ3v) is 4.31. The third-order valence-electron chi connectivity index (χ3n) is 4.31. The van der Waals surface area contributed by atoms with Gasteiger partial charge >= 0.3 is 0 Å². The van der Waals surface area contributed by atoms with Gasteiger partial charge < -0.3 is 10.2 Å². The Hall–Kier alpha value is -0.860. The molecular weight excluding hydrogens is 256 g/mol. The monoisotopic (exact) mass is 288 g/mol. The quantitative estimate of drug-likeness (QED) is 0.777. The van der Waals surface area contributed by atoms with Crippen molar-refractivity contribution in [2.75, 3.05) is 26.2 Å². The molecule has 1 saturated heterocycles. The molecule has 1 atom stereocenters. The summed E-state index contributed by atoms with van der Waals surface area (Å²) in [4.78, 5) is 2.61. The molecule has 1 aromatic rings. The normalized spacial score (nSPS) is 17.5. The Morgan fingerprint density at radius 2 is 1.76 bits per heavy atom. The first kappa shape index (κ1) is 16.5. The SMILES string of the molecule is CCCNC(CN1CCCC1)c1ccc(CC(C)C)cc1. The van der Waals surface area contributed by atoms with E-state index in [2.05, 4.69) is 55.3 Å². The fraction of sp³-hybridized carbons (Fsp3) is 0.684. The minimum Gasteiger partial charge on any atom is -0.309 e. The van der Waals surface area contributed by atoms with Crippen molar-refractivity contribution in [3.8, 4) is 0 Å². The summed E-state index contributed by atoms with van der Waals surface area (Å²) in [5.41, 5.74) is 2.91. The van der Waals surface area contributed by atoms with Crippen LogP contribution in [-0.4, -0.2) is 31.1 Å². The minimum atomic E-state index is 0.483. The summed E-state index contributed by atoms with van der Waals surface area (Å²) in [6.45, 7) is 11.6. The second kappa shape index (κ2) is 8.55. The Morgan fingerprint density at radius 3 is 2.33 bits per heavy atom. The topological polar surface area (TPSA) is 15.3 Å². The Bertz CT molecular complexity index is 391. The van der Waals surface area contributed by atoms with Crippen molar-refractivity contribution in [3.63, 3.8) is 0 Å². The maximum atomic E-state index is 3.73. The molecule has 1 unspecified atom stereocenters. The van der Waals surface area contributed by atoms with Crippen LogP contribution in [0.15, 0.2) is 24.3 Å². The molecule has 0 radical (unpaired) electrons. The second-order valence-electron chi connectivity index (χ2n) is 6.85. The minimum absolute atomic E-state index is 0.483. The van der Waals surface area contributed by atoms with Gasteiger partial charge in [-0.25, -0.2) is 0 Å². The maximum Gasteiger partial charge on any atom is 0.0449 e. The number of nitrogens with zero attached hydrogens (tertiary/aromatic N) is 1. The molecule has 2 nitrogen and oxygen atoms in total. The molecule has 1 heterocycles. The first-order valence-electron chi connectivity index (χ1n) is 8.73.